The Hall–Kier alpha value is -4.41. The number of aliphatic hydroxyl groups excluding tert-OH is 1. The van der Waals surface area contributed by atoms with Crippen LogP contribution in [-0.2, 0) is 19.4 Å². The molecule has 0 fully saturated rings. The van der Waals surface area contributed by atoms with Crippen LogP contribution in [0.1, 0.15) is 57.7 Å². The van der Waals surface area contributed by atoms with Gasteiger partial charge in [0.1, 0.15) is 17.9 Å². The summed E-state index contributed by atoms with van der Waals surface area (Å²) >= 11 is 0. The lowest BCUT2D eigenvalue weighted by molar-refractivity contribution is 0.0795. The summed E-state index contributed by atoms with van der Waals surface area (Å²) in [5.74, 6) is -2.15. The lowest BCUT2D eigenvalue weighted by atomic mass is 9.99. The van der Waals surface area contributed by atoms with Gasteiger partial charge in [0.2, 0.25) is 5.89 Å². The van der Waals surface area contributed by atoms with Gasteiger partial charge in [0.25, 0.3) is 11.8 Å². The van der Waals surface area contributed by atoms with Crippen LogP contribution in [0.5, 0.6) is 0 Å². The number of halogens is 2. The van der Waals surface area contributed by atoms with E-state index in [4.69, 9.17) is 4.42 Å². The minimum Gasteiger partial charge on any atom is -0.445 e. The van der Waals surface area contributed by atoms with E-state index in [1.807, 2.05) is 25.1 Å². The number of aryl methyl sites for hydroxylation is 1. The van der Waals surface area contributed by atoms with Gasteiger partial charge in [-0.2, -0.15) is 0 Å². The van der Waals surface area contributed by atoms with Crippen molar-refractivity contribution in [3.05, 3.63) is 113 Å². The molecule has 4 aromatic rings. The molecule has 8 nitrogen and oxygen atoms in total. The second-order valence-corrected chi connectivity index (χ2v) is 10.8. The predicted octanol–water partition coefficient (Wildman–Crippen LogP) is 5.16. The summed E-state index contributed by atoms with van der Waals surface area (Å²) in [6, 6.07) is 14.9. The summed E-state index contributed by atoms with van der Waals surface area (Å²) in [7, 11) is 1.68. The van der Waals surface area contributed by atoms with Crippen molar-refractivity contribution >= 4 is 11.8 Å². The molecule has 2 atom stereocenters. The molecule has 0 aliphatic rings. The summed E-state index contributed by atoms with van der Waals surface area (Å²) in [5, 5.41) is 17.3. The van der Waals surface area contributed by atoms with E-state index in [2.05, 4.69) is 28.6 Å². The molecule has 0 bridgehead atoms. The molecule has 0 aliphatic carbocycles. The van der Waals surface area contributed by atoms with Gasteiger partial charge >= 0.3 is 0 Å². The topological polar surface area (TPSA) is 108 Å². The Morgan fingerprint density at radius 3 is 2.39 bits per heavy atom. The van der Waals surface area contributed by atoms with Gasteiger partial charge < -0.3 is 25.1 Å². The van der Waals surface area contributed by atoms with E-state index < -0.39 is 29.7 Å². The first kappa shape index (κ1) is 32.5. The fourth-order valence-corrected chi connectivity index (χ4v) is 5.01. The number of oxazole rings is 1. The van der Waals surface area contributed by atoms with Crippen LogP contribution in [0.4, 0.5) is 8.78 Å². The molecule has 1 heterocycles. The number of carbonyl (C=O) groups excluding carboxylic acids is 2. The maximum Gasteiger partial charge on any atom is 0.253 e. The van der Waals surface area contributed by atoms with Crippen molar-refractivity contribution in [2.45, 2.75) is 51.8 Å². The van der Waals surface area contributed by atoms with Gasteiger partial charge in [-0.15, -0.1) is 0 Å². The lowest BCUT2D eigenvalue weighted by Gasteiger charge is -2.25. The second-order valence-electron chi connectivity index (χ2n) is 10.8. The fourth-order valence-electron chi connectivity index (χ4n) is 5.01. The number of rotatable bonds is 14. The molecule has 0 saturated heterocycles. The minimum atomic E-state index is -1.12. The average molecular weight is 605 g/mol. The summed E-state index contributed by atoms with van der Waals surface area (Å²) in [4.78, 5) is 32.6. The molecular weight excluding hydrogens is 566 g/mol. The highest BCUT2D eigenvalue weighted by Crippen LogP contribution is 2.23. The maximum absolute atomic E-state index is 14.0. The minimum absolute atomic E-state index is 0.0426. The second kappa shape index (κ2) is 15.4. The molecular formula is C34H38F2N4O4. The van der Waals surface area contributed by atoms with Crippen LogP contribution in [0, 0.1) is 11.6 Å². The van der Waals surface area contributed by atoms with E-state index in [0.717, 1.165) is 24.5 Å². The zero-order valence-electron chi connectivity index (χ0n) is 25.1. The largest absolute Gasteiger partial charge is 0.445 e. The third-order valence-corrected chi connectivity index (χ3v) is 7.27. The van der Waals surface area contributed by atoms with E-state index in [9.17, 15) is 23.5 Å². The van der Waals surface area contributed by atoms with E-state index in [0.29, 0.717) is 18.7 Å². The van der Waals surface area contributed by atoms with Gasteiger partial charge in [0.15, 0.2) is 0 Å². The van der Waals surface area contributed by atoms with Crippen molar-refractivity contribution in [3.63, 3.8) is 0 Å². The van der Waals surface area contributed by atoms with Gasteiger partial charge in [0, 0.05) is 49.4 Å². The molecule has 0 radical (unpaired) electrons. The van der Waals surface area contributed by atoms with Crippen molar-refractivity contribution in [2.24, 2.45) is 0 Å². The number of aliphatic hydroxyl groups is 1. The highest BCUT2D eigenvalue weighted by Gasteiger charge is 2.25. The molecule has 232 valence electrons. The van der Waals surface area contributed by atoms with Crippen LogP contribution in [0.2, 0.25) is 0 Å². The van der Waals surface area contributed by atoms with Gasteiger partial charge in [-0.3, -0.25) is 9.59 Å². The van der Waals surface area contributed by atoms with Crippen molar-refractivity contribution < 1.29 is 27.9 Å². The molecule has 0 spiro atoms. The van der Waals surface area contributed by atoms with Crippen LogP contribution in [0.3, 0.4) is 0 Å². The number of nitrogens with zero attached hydrogens (tertiary/aromatic N) is 2. The lowest BCUT2D eigenvalue weighted by Crippen LogP contribution is -2.48. The molecule has 3 aromatic carbocycles. The number of nitrogens with one attached hydrogen (secondary N) is 2. The molecule has 44 heavy (non-hydrogen) atoms. The van der Waals surface area contributed by atoms with Gasteiger partial charge in [-0.25, -0.2) is 13.8 Å². The zero-order valence-corrected chi connectivity index (χ0v) is 25.1. The highest BCUT2D eigenvalue weighted by atomic mass is 19.1. The van der Waals surface area contributed by atoms with Crippen LogP contribution in [0.25, 0.3) is 11.5 Å². The SMILES string of the molecule is CCCN(C)C(=O)c1cc(C(=O)N[C@@H](Cc2cc(F)cc(F)c2)[C@H](O)CNCc2cccc(CC)c2)cc(-c2ncco2)c1. The number of hydrogen-bond donors (Lipinski definition) is 3. The monoisotopic (exact) mass is 604 g/mol. The Morgan fingerprint density at radius 2 is 1.70 bits per heavy atom. The first-order chi connectivity index (χ1) is 21.2. The zero-order chi connectivity index (χ0) is 31.6. The molecule has 10 heteroatoms. The van der Waals surface area contributed by atoms with E-state index >= 15 is 0 Å². The average Bonchev–Trinajstić information content (AvgIpc) is 3.55. The Labute approximate surface area is 256 Å². The maximum atomic E-state index is 14.0. The standard InChI is InChI=1S/C34H38F2N4O4/c1-4-10-40(3)34(43)27-17-25(16-26(18-27)33-38-9-11-44-33)32(42)39-30(15-24-13-28(35)19-29(36)14-24)31(41)21-37-20-23-8-6-7-22(5-2)12-23/h6-9,11-14,16-19,30-31,37,41H,4-5,10,15,20-21H2,1-3H3,(H,39,42)/t30-,31+/m0/s1. The van der Waals surface area contributed by atoms with Crippen LogP contribution in [-0.4, -0.2) is 59.1 Å². The third-order valence-electron chi connectivity index (χ3n) is 7.27. The molecule has 3 N–H and O–H groups in total. The number of amides is 2. The number of hydrogen-bond acceptors (Lipinski definition) is 6. The molecule has 1 aromatic heterocycles. The van der Waals surface area contributed by atoms with E-state index in [-0.39, 0.29) is 41.5 Å². The molecule has 2 amide bonds. The van der Waals surface area contributed by atoms with E-state index in [1.165, 1.54) is 36.2 Å². The first-order valence-electron chi connectivity index (χ1n) is 14.7. The number of aromatic nitrogens is 1. The van der Waals surface area contributed by atoms with Crippen molar-refractivity contribution in [1.82, 2.24) is 20.5 Å². The first-order valence-corrected chi connectivity index (χ1v) is 14.7. The Morgan fingerprint density at radius 1 is 0.977 bits per heavy atom. The van der Waals surface area contributed by atoms with Crippen LogP contribution >= 0.6 is 0 Å². The Balaban J connectivity index is 1.59. The molecule has 0 saturated carbocycles. The molecule has 0 unspecified atom stereocenters. The van der Waals surface area contributed by atoms with Gasteiger partial charge in [0.05, 0.1) is 18.3 Å². The Bertz CT molecular complexity index is 1540. The third kappa shape index (κ3) is 8.81. The summed E-state index contributed by atoms with van der Waals surface area (Å²) in [5.41, 5.74) is 3.33. The van der Waals surface area contributed by atoms with Crippen LogP contribution in [0.15, 0.2) is 77.5 Å². The molecule has 0 aliphatic heterocycles. The van der Waals surface area contributed by atoms with Crippen LogP contribution < -0.4 is 10.6 Å². The van der Waals surface area contributed by atoms with Crippen molar-refractivity contribution in [1.29, 1.82) is 0 Å². The predicted molar refractivity (Wildman–Crippen MR) is 164 cm³/mol. The van der Waals surface area contributed by atoms with Crippen molar-refractivity contribution in [3.8, 4) is 11.5 Å². The quantitative estimate of drug-likeness (QED) is 0.184. The summed E-state index contributed by atoms with van der Waals surface area (Å²) in [6.07, 6.45) is 3.35. The summed E-state index contributed by atoms with van der Waals surface area (Å²) in [6.45, 7) is 5.13. The highest BCUT2D eigenvalue weighted by molar-refractivity contribution is 6.01. The van der Waals surface area contributed by atoms with Crippen molar-refractivity contribution in [2.75, 3.05) is 20.1 Å². The smallest absolute Gasteiger partial charge is 0.253 e. The van der Waals surface area contributed by atoms with E-state index in [1.54, 1.807) is 24.1 Å². The van der Waals surface area contributed by atoms with Gasteiger partial charge in [-0.1, -0.05) is 38.1 Å². The normalized spacial score (nSPS) is 12.5. The summed E-state index contributed by atoms with van der Waals surface area (Å²) < 4.78 is 33.5. The number of benzene rings is 3. The number of carbonyl (C=O) groups is 2. The Kier molecular flexibility index (Phi) is 11.3. The molecule has 4 rings (SSSR count). The van der Waals surface area contributed by atoms with Gasteiger partial charge in [-0.05, 0) is 66.3 Å². The fraction of sp³-hybridized carbons (Fsp3) is 0.324.